The van der Waals surface area contributed by atoms with E-state index >= 15 is 0 Å². The van der Waals surface area contributed by atoms with Crippen LogP contribution in [0.1, 0.15) is 33.6 Å². The highest BCUT2D eigenvalue weighted by Gasteiger charge is 2.51. The molecule has 1 aromatic heterocycles. The molecule has 10 nitrogen and oxygen atoms in total. The van der Waals surface area contributed by atoms with E-state index in [1.807, 2.05) is 44.9 Å². The number of urea groups is 1. The van der Waals surface area contributed by atoms with Crippen molar-refractivity contribution in [3.05, 3.63) is 18.2 Å². The Kier molecular flexibility index (Phi) is 4.58. The topological polar surface area (TPSA) is 100 Å². The number of fused-ring (bicyclic) bond motifs is 2. The molecule has 1 aliphatic carbocycles. The van der Waals surface area contributed by atoms with Crippen molar-refractivity contribution in [1.82, 2.24) is 20.0 Å². The smallest absolute Gasteiger partial charge is 0.410 e. The van der Waals surface area contributed by atoms with E-state index in [-0.39, 0.29) is 30.5 Å². The molecule has 10 heteroatoms. The summed E-state index contributed by atoms with van der Waals surface area (Å²) in [7, 11) is 1.85. The van der Waals surface area contributed by atoms with Crippen molar-refractivity contribution in [2.24, 2.45) is 7.05 Å². The summed E-state index contributed by atoms with van der Waals surface area (Å²) in [6.45, 7) is 7.31. The van der Waals surface area contributed by atoms with E-state index in [0.717, 1.165) is 29.6 Å². The average Bonchev–Trinajstić information content (AvgIpc) is 3.44. The number of hydrogen-bond donors (Lipinski definition) is 1. The van der Waals surface area contributed by atoms with E-state index in [2.05, 4.69) is 21.4 Å². The van der Waals surface area contributed by atoms with Crippen LogP contribution in [0.4, 0.5) is 21.1 Å². The van der Waals surface area contributed by atoms with Gasteiger partial charge in [-0.15, -0.1) is 0 Å². The highest BCUT2D eigenvalue weighted by molar-refractivity contribution is 6.09. The third-order valence-electron chi connectivity index (χ3n) is 6.19. The Labute approximate surface area is 186 Å². The number of imide groups is 1. The predicted molar refractivity (Wildman–Crippen MR) is 119 cm³/mol. The largest absolute Gasteiger partial charge is 0.444 e. The van der Waals surface area contributed by atoms with Crippen LogP contribution in [0.5, 0.6) is 0 Å². The number of nitrogens with zero attached hydrogens (tertiary/aromatic N) is 5. The minimum Gasteiger partial charge on any atom is -0.444 e. The van der Waals surface area contributed by atoms with Crippen molar-refractivity contribution < 1.29 is 19.1 Å². The molecule has 4 amide bonds. The Balaban J connectivity index is 1.36. The summed E-state index contributed by atoms with van der Waals surface area (Å²) in [5.74, 6) is 0.288. The van der Waals surface area contributed by atoms with Gasteiger partial charge in [-0.3, -0.25) is 19.7 Å². The van der Waals surface area contributed by atoms with Gasteiger partial charge in [-0.1, -0.05) is 0 Å². The van der Waals surface area contributed by atoms with Gasteiger partial charge in [0.1, 0.15) is 5.60 Å². The van der Waals surface area contributed by atoms with E-state index in [0.29, 0.717) is 18.9 Å². The summed E-state index contributed by atoms with van der Waals surface area (Å²) in [5.41, 5.74) is 1.48. The van der Waals surface area contributed by atoms with Gasteiger partial charge in [0.05, 0.1) is 17.6 Å². The van der Waals surface area contributed by atoms with E-state index in [1.165, 1.54) is 4.90 Å². The van der Waals surface area contributed by atoms with Crippen LogP contribution in [0.2, 0.25) is 0 Å². The van der Waals surface area contributed by atoms with E-state index < -0.39 is 11.6 Å². The Hall–Kier alpha value is -3.30. The van der Waals surface area contributed by atoms with Crippen molar-refractivity contribution in [2.75, 3.05) is 29.4 Å². The van der Waals surface area contributed by atoms with Crippen LogP contribution in [0.3, 0.4) is 0 Å². The molecular weight excluding hydrogens is 412 g/mol. The number of aryl methyl sites for hydroxylation is 1. The maximum Gasteiger partial charge on any atom is 0.410 e. The minimum atomic E-state index is -0.501. The maximum absolute atomic E-state index is 12.5. The monoisotopic (exact) mass is 440 g/mol. The summed E-state index contributed by atoms with van der Waals surface area (Å²) in [4.78, 5) is 42.0. The molecule has 1 N–H and O–H groups in total. The van der Waals surface area contributed by atoms with Gasteiger partial charge in [0.25, 0.3) is 0 Å². The van der Waals surface area contributed by atoms with E-state index in [1.54, 1.807) is 4.68 Å². The third-order valence-corrected chi connectivity index (χ3v) is 6.19. The molecule has 2 saturated heterocycles. The molecule has 3 heterocycles. The van der Waals surface area contributed by atoms with Crippen molar-refractivity contribution in [3.63, 3.8) is 0 Å². The second-order valence-electron chi connectivity index (χ2n) is 9.64. The highest BCUT2D eigenvalue weighted by Crippen LogP contribution is 2.41. The number of amides is 4. The van der Waals surface area contributed by atoms with Gasteiger partial charge >= 0.3 is 12.1 Å². The molecule has 5 rings (SSSR count). The SMILES string of the molecule is Cn1nc(N2CCC(=O)NC2=O)c2ccc(N3CCN(C(=O)OC(C)(C)C)C4CC43)cc21. The molecule has 2 aromatic rings. The minimum absolute atomic E-state index is 0.172. The molecule has 1 aromatic carbocycles. The second-order valence-corrected chi connectivity index (χ2v) is 9.64. The van der Waals surface area contributed by atoms with Gasteiger partial charge in [0, 0.05) is 44.2 Å². The Bertz CT molecular complexity index is 1120. The lowest BCUT2D eigenvalue weighted by Gasteiger charge is -2.36. The van der Waals surface area contributed by atoms with Crippen LogP contribution in [0.15, 0.2) is 18.2 Å². The number of piperazine rings is 1. The van der Waals surface area contributed by atoms with Crippen LogP contribution in [0.25, 0.3) is 10.9 Å². The molecule has 32 heavy (non-hydrogen) atoms. The van der Waals surface area contributed by atoms with Gasteiger partial charge in [-0.2, -0.15) is 5.10 Å². The number of benzene rings is 1. The first-order chi connectivity index (χ1) is 15.1. The van der Waals surface area contributed by atoms with Crippen LogP contribution >= 0.6 is 0 Å². The maximum atomic E-state index is 12.5. The fourth-order valence-electron chi connectivity index (χ4n) is 4.62. The Morgan fingerprint density at radius 1 is 1.16 bits per heavy atom. The molecular formula is C22H28N6O4. The van der Waals surface area contributed by atoms with Gasteiger partial charge in [-0.25, -0.2) is 9.59 Å². The summed E-state index contributed by atoms with van der Waals surface area (Å²) >= 11 is 0. The predicted octanol–water partition coefficient (Wildman–Crippen LogP) is 2.22. The van der Waals surface area contributed by atoms with E-state index in [4.69, 9.17) is 4.74 Å². The van der Waals surface area contributed by atoms with Gasteiger partial charge in [0.15, 0.2) is 5.82 Å². The normalized spacial score (nSPS) is 23.3. The molecule has 0 radical (unpaired) electrons. The number of nitrogens with one attached hydrogen (secondary N) is 1. The lowest BCUT2D eigenvalue weighted by molar-refractivity contribution is -0.120. The first kappa shape index (κ1) is 20.6. The molecule has 2 aliphatic heterocycles. The first-order valence-electron chi connectivity index (χ1n) is 11.0. The standard InChI is InChI=1S/C22H28N6O4/c1-22(2,3)32-21(31)27-10-9-26(16-12-17(16)27)13-5-6-14-15(11-13)25(4)24-19(14)28-8-7-18(29)23-20(28)30/h5-6,11,16-17H,7-10,12H2,1-4H3,(H,23,29,30). The number of ether oxygens (including phenoxy) is 1. The first-order valence-corrected chi connectivity index (χ1v) is 11.0. The van der Waals surface area contributed by atoms with Crippen molar-refractivity contribution in [2.45, 2.75) is 51.3 Å². The summed E-state index contributed by atoms with van der Waals surface area (Å²) in [6, 6.07) is 6.11. The zero-order chi connectivity index (χ0) is 22.8. The van der Waals surface area contributed by atoms with Gasteiger partial charge in [0.2, 0.25) is 5.91 Å². The molecule has 1 saturated carbocycles. The van der Waals surface area contributed by atoms with Crippen LogP contribution < -0.4 is 15.1 Å². The quantitative estimate of drug-likeness (QED) is 0.769. The summed E-state index contributed by atoms with van der Waals surface area (Å²) in [5, 5.41) is 7.77. The van der Waals surface area contributed by atoms with Crippen molar-refractivity contribution in [1.29, 1.82) is 0 Å². The third kappa shape index (κ3) is 3.53. The highest BCUT2D eigenvalue weighted by atomic mass is 16.6. The van der Waals surface area contributed by atoms with Gasteiger partial charge in [-0.05, 0) is 45.4 Å². The lowest BCUT2D eigenvalue weighted by atomic mass is 10.1. The second kappa shape index (κ2) is 7.11. The fourth-order valence-corrected chi connectivity index (χ4v) is 4.62. The Morgan fingerprint density at radius 3 is 2.66 bits per heavy atom. The van der Waals surface area contributed by atoms with Crippen molar-refractivity contribution >= 4 is 40.4 Å². The van der Waals surface area contributed by atoms with Crippen LogP contribution in [-0.2, 0) is 16.6 Å². The molecule has 0 bridgehead atoms. The van der Waals surface area contributed by atoms with Crippen molar-refractivity contribution in [3.8, 4) is 0 Å². The van der Waals surface area contributed by atoms with Crippen LogP contribution in [0, 0.1) is 0 Å². The average molecular weight is 441 g/mol. The number of anilines is 2. The molecule has 0 spiro atoms. The number of carbonyl (C=O) groups excluding carboxylic acids is 3. The molecule has 2 unspecified atom stereocenters. The lowest BCUT2D eigenvalue weighted by Crippen LogP contribution is -2.50. The Morgan fingerprint density at radius 2 is 1.94 bits per heavy atom. The number of rotatable bonds is 2. The fraction of sp³-hybridized carbons (Fsp3) is 0.545. The number of hydrogen-bond acceptors (Lipinski definition) is 6. The van der Waals surface area contributed by atoms with E-state index in [9.17, 15) is 14.4 Å². The number of aromatic nitrogens is 2. The number of carbonyl (C=O) groups is 3. The van der Waals surface area contributed by atoms with Crippen LogP contribution in [-0.4, -0.2) is 70.0 Å². The molecule has 3 aliphatic rings. The molecule has 170 valence electrons. The van der Waals surface area contributed by atoms with Gasteiger partial charge < -0.3 is 14.5 Å². The summed E-state index contributed by atoms with van der Waals surface area (Å²) in [6.07, 6.45) is 0.942. The summed E-state index contributed by atoms with van der Waals surface area (Å²) < 4.78 is 7.33. The molecule has 2 atom stereocenters. The zero-order valence-corrected chi connectivity index (χ0v) is 18.8. The zero-order valence-electron chi connectivity index (χ0n) is 18.8. The molecule has 3 fully saturated rings.